The van der Waals surface area contributed by atoms with E-state index in [1.165, 1.54) is 0 Å². The molecular formula is C12H23NO2. The molecule has 0 radical (unpaired) electrons. The highest BCUT2D eigenvalue weighted by molar-refractivity contribution is 5.74. The van der Waals surface area contributed by atoms with Crippen molar-refractivity contribution in [3.63, 3.8) is 0 Å². The van der Waals surface area contributed by atoms with Crippen LogP contribution in [-0.4, -0.2) is 34.6 Å². The van der Waals surface area contributed by atoms with Crippen molar-refractivity contribution < 1.29 is 9.90 Å². The van der Waals surface area contributed by atoms with Crippen molar-refractivity contribution in [3.05, 3.63) is 0 Å². The average Bonchev–Trinajstić information content (AvgIpc) is 2.26. The highest BCUT2D eigenvalue weighted by Gasteiger charge is 2.41. The van der Waals surface area contributed by atoms with Crippen LogP contribution in [0.5, 0.6) is 0 Å². The molecule has 1 aliphatic rings. The van der Waals surface area contributed by atoms with Crippen LogP contribution < -0.4 is 0 Å². The minimum Gasteiger partial charge on any atom is -0.480 e. The van der Waals surface area contributed by atoms with Gasteiger partial charge in [0, 0.05) is 12.6 Å². The number of carboxylic acid groups (broad SMARTS) is 1. The van der Waals surface area contributed by atoms with Crippen molar-refractivity contribution in [3.8, 4) is 0 Å². The van der Waals surface area contributed by atoms with Crippen LogP contribution >= 0.6 is 0 Å². The van der Waals surface area contributed by atoms with Gasteiger partial charge in [-0.2, -0.15) is 0 Å². The second-order valence-corrected chi connectivity index (χ2v) is 5.99. The maximum Gasteiger partial charge on any atom is 0.321 e. The average molecular weight is 213 g/mol. The molecule has 0 amide bonds. The Morgan fingerprint density at radius 3 is 2.20 bits per heavy atom. The zero-order valence-corrected chi connectivity index (χ0v) is 10.4. The molecule has 3 atom stereocenters. The molecule has 0 aliphatic carbocycles. The van der Waals surface area contributed by atoms with Crippen LogP contribution in [0.15, 0.2) is 0 Å². The van der Waals surface area contributed by atoms with E-state index in [1.807, 2.05) is 20.8 Å². The first-order valence-corrected chi connectivity index (χ1v) is 5.72. The van der Waals surface area contributed by atoms with Gasteiger partial charge in [0.05, 0.1) is 0 Å². The van der Waals surface area contributed by atoms with E-state index in [0.29, 0.717) is 12.0 Å². The number of likely N-dealkylation sites (tertiary alicyclic amines) is 1. The number of rotatable bonds is 2. The molecule has 1 saturated heterocycles. The third-order valence-corrected chi connectivity index (χ3v) is 3.22. The summed E-state index contributed by atoms with van der Waals surface area (Å²) in [6.07, 6.45) is 1.11. The largest absolute Gasteiger partial charge is 0.480 e. The van der Waals surface area contributed by atoms with Crippen LogP contribution in [0.1, 0.15) is 41.0 Å². The van der Waals surface area contributed by atoms with Gasteiger partial charge >= 0.3 is 5.97 Å². The van der Waals surface area contributed by atoms with E-state index in [0.717, 1.165) is 13.0 Å². The lowest BCUT2D eigenvalue weighted by Gasteiger charge is -2.37. The molecular weight excluding hydrogens is 190 g/mol. The van der Waals surface area contributed by atoms with Crippen molar-refractivity contribution in [1.82, 2.24) is 4.90 Å². The number of carboxylic acids is 1. The molecule has 3 unspecified atom stereocenters. The van der Waals surface area contributed by atoms with Gasteiger partial charge in [-0.15, -0.1) is 0 Å². The Bertz CT molecular complexity index is 244. The lowest BCUT2D eigenvalue weighted by Crippen LogP contribution is -2.50. The first kappa shape index (κ1) is 12.5. The molecule has 3 heteroatoms. The van der Waals surface area contributed by atoms with E-state index in [1.54, 1.807) is 0 Å². The summed E-state index contributed by atoms with van der Waals surface area (Å²) < 4.78 is 0. The van der Waals surface area contributed by atoms with Crippen molar-refractivity contribution in [2.24, 2.45) is 11.3 Å². The maximum absolute atomic E-state index is 11.3. The van der Waals surface area contributed by atoms with Gasteiger partial charge in [-0.1, -0.05) is 27.7 Å². The molecule has 0 aromatic carbocycles. The smallest absolute Gasteiger partial charge is 0.321 e. The van der Waals surface area contributed by atoms with Crippen molar-refractivity contribution >= 4 is 5.97 Å². The summed E-state index contributed by atoms with van der Waals surface area (Å²) in [4.78, 5) is 13.5. The Kier molecular flexibility index (Phi) is 3.44. The lowest BCUT2D eigenvalue weighted by atomic mass is 9.85. The quantitative estimate of drug-likeness (QED) is 0.764. The van der Waals surface area contributed by atoms with Crippen LogP contribution in [0.2, 0.25) is 0 Å². The summed E-state index contributed by atoms with van der Waals surface area (Å²) >= 11 is 0. The predicted octanol–water partition coefficient (Wildman–Crippen LogP) is 2.22. The van der Waals surface area contributed by atoms with Gasteiger partial charge in [0.1, 0.15) is 6.04 Å². The Morgan fingerprint density at radius 1 is 1.40 bits per heavy atom. The number of hydrogen-bond acceptors (Lipinski definition) is 2. The highest BCUT2D eigenvalue weighted by Crippen LogP contribution is 2.32. The summed E-state index contributed by atoms with van der Waals surface area (Å²) in [5, 5.41) is 9.33. The molecule has 0 spiro atoms. The van der Waals surface area contributed by atoms with Crippen LogP contribution in [-0.2, 0) is 4.79 Å². The molecule has 1 N–H and O–H groups in total. The lowest BCUT2D eigenvalue weighted by molar-refractivity contribution is -0.148. The fourth-order valence-corrected chi connectivity index (χ4v) is 2.70. The molecule has 3 nitrogen and oxygen atoms in total. The summed E-state index contributed by atoms with van der Waals surface area (Å²) in [6.45, 7) is 11.2. The summed E-state index contributed by atoms with van der Waals surface area (Å²) in [6, 6.07) is 0.0257. The Balaban J connectivity index is 2.86. The number of carbonyl (C=O) groups is 1. The summed E-state index contributed by atoms with van der Waals surface area (Å²) in [5.74, 6) is -0.0763. The third kappa shape index (κ3) is 2.71. The number of hydrogen-bond donors (Lipinski definition) is 1. The fourth-order valence-electron chi connectivity index (χ4n) is 2.70. The zero-order chi connectivity index (χ0) is 11.8. The fraction of sp³-hybridized carbons (Fsp3) is 0.917. The summed E-state index contributed by atoms with van der Waals surface area (Å²) in [7, 11) is 0. The van der Waals surface area contributed by atoms with Gasteiger partial charge in [0.25, 0.3) is 0 Å². The SMILES string of the molecule is CC1CC(C)N(C(C(=O)O)C(C)(C)C)C1. The van der Waals surface area contributed by atoms with E-state index in [4.69, 9.17) is 0 Å². The van der Waals surface area contributed by atoms with E-state index >= 15 is 0 Å². The van der Waals surface area contributed by atoms with Crippen LogP contribution in [0, 0.1) is 11.3 Å². The first-order valence-electron chi connectivity index (χ1n) is 5.72. The zero-order valence-electron chi connectivity index (χ0n) is 10.4. The van der Waals surface area contributed by atoms with Crippen LogP contribution in [0.3, 0.4) is 0 Å². The standard InChI is InChI=1S/C12H23NO2/c1-8-6-9(2)13(7-8)10(11(14)15)12(3,4)5/h8-10H,6-7H2,1-5H3,(H,14,15). The van der Waals surface area contributed by atoms with Crippen molar-refractivity contribution in [1.29, 1.82) is 0 Å². The van der Waals surface area contributed by atoms with Crippen LogP contribution in [0.25, 0.3) is 0 Å². The molecule has 88 valence electrons. The molecule has 15 heavy (non-hydrogen) atoms. The molecule has 1 aliphatic heterocycles. The molecule has 1 heterocycles. The number of nitrogens with zero attached hydrogens (tertiary/aromatic N) is 1. The van der Waals surface area contributed by atoms with Crippen LogP contribution in [0.4, 0.5) is 0 Å². The summed E-state index contributed by atoms with van der Waals surface area (Å²) in [5.41, 5.74) is -0.204. The second-order valence-electron chi connectivity index (χ2n) is 5.99. The molecule has 1 rings (SSSR count). The van der Waals surface area contributed by atoms with Crippen molar-refractivity contribution in [2.45, 2.75) is 53.1 Å². The highest BCUT2D eigenvalue weighted by atomic mass is 16.4. The molecule has 0 saturated carbocycles. The second kappa shape index (κ2) is 4.12. The van der Waals surface area contributed by atoms with Gasteiger partial charge in [0.2, 0.25) is 0 Å². The maximum atomic E-state index is 11.3. The molecule has 0 aromatic heterocycles. The first-order chi connectivity index (χ1) is 6.73. The van der Waals surface area contributed by atoms with Gasteiger partial charge in [-0.3, -0.25) is 9.69 Å². The van der Waals surface area contributed by atoms with E-state index in [-0.39, 0.29) is 11.5 Å². The van der Waals surface area contributed by atoms with E-state index < -0.39 is 5.97 Å². The van der Waals surface area contributed by atoms with E-state index in [2.05, 4.69) is 18.7 Å². The monoisotopic (exact) mass is 213 g/mol. The predicted molar refractivity (Wildman–Crippen MR) is 60.8 cm³/mol. The molecule has 0 bridgehead atoms. The van der Waals surface area contributed by atoms with Gasteiger partial charge in [-0.05, 0) is 24.7 Å². The van der Waals surface area contributed by atoms with Crippen molar-refractivity contribution in [2.75, 3.05) is 6.54 Å². The Hall–Kier alpha value is -0.570. The van der Waals surface area contributed by atoms with E-state index in [9.17, 15) is 9.90 Å². The minimum atomic E-state index is -0.691. The van der Waals surface area contributed by atoms with Gasteiger partial charge in [0.15, 0.2) is 0 Å². The van der Waals surface area contributed by atoms with Gasteiger partial charge < -0.3 is 5.11 Å². The topological polar surface area (TPSA) is 40.5 Å². The normalized spacial score (nSPS) is 30.5. The van der Waals surface area contributed by atoms with Gasteiger partial charge in [-0.25, -0.2) is 0 Å². The molecule has 1 fully saturated rings. The number of aliphatic carboxylic acids is 1. The Morgan fingerprint density at radius 2 is 1.93 bits per heavy atom. The molecule has 0 aromatic rings. The Labute approximate surface area is 92.5 Å². The minimum absolute atomic E-state index is 0.204. The third-order valence-electron chi connectivity index (χ3n) is 3.22.